The molecule has 2 heterocycles. The minimum atomic E-state index is 0.0409. The lowest BCUT2D eigenvalue weighted by Crippen LogP contribution is -2.38. The first kappa shape index (κ1) is 14.6. The number of carbonyl (C=O) groups is 1. The van der Waals surface area contributed by atoms with Crippen LogP contribution in [-0.2, 0) is 0 Å². The molecule has 0 atom stereocenters. The molecule has 5 heteroatoms. The number of aromatic amines is 1. The summed E-state index contributed by atoms with van der Waals surface area (Å²) in [6.45, 7) is 3.90. The van der Waals surface area contributed by atoms with Crippen molar-refractivity contribution >= 4 is 5.91 Å². The molecule has 1 aliphatic heterocycles. The fraction of sp³-hybridized carbons (Fsp3) is 0.412. The van der Waals surface area contributed by atoms with Gasteiger partial charge in [-0.05, 0) is 49.1 Å². The van der Waals surface area contributed by atoms with Crippen molar-refractivity contribution in [2.75, 3.05) is 20.2 Å². The summed E-state index contributed by atoms with van der Waals surface area (Å²) in [6, 6.07) is 9.47. The van der Waals surface area contributed by atoms with Crippen LogP contribution in [-0.4, -0.2) is 41.2 Å². The minimum absolute atomic E-state index is 0.0409. The van der Waals surface area contributed by atoms with Gasteiger partial charge in [0, 0.05) is 18.7 Å². The predicted octanol–water partition coefficient (Wildman–Crippen LogP) is 2.96. The maximum atomic E-state index is 12.5. The van der Waals surface area contributed by atoms with Gasteiger partial charge in [-0.15, -0.1) is 0 Å². The molecule has 0 unspecified atom stereocenters. The van der Waals surface area contributed by atoms with E-state index < -0.39 is 0 Å². The second-order valence-corrected chi connectivity index (χ2v) is 5.87. The Kier molecular flexibility index (Phi) is 4.13. The Labute approximate surface area is 130 Å². The van der Waals surface area contributed by atoms with E-state index in [0.717, 1.165) is 42.9 Å². The van der Waals surface area contributed by atoms with Crippen LogP contribution >= 0.6 is 0 Å². The number of hydrogen-bond donors (Lipinski definition) is 1. The molecule has 1 aromatic carbocycles. The number of ether oxygens (including phenoxy) is 1. The Hall–Kier alpha value is -2.30. The molecule has 0 spiro atoms. The largest absolute Gasteiger partial charge is 0.497 e. The molecule has 2 aromatic rings. The number of nitrogens with one attached hydrogen (secondary N) is 1. The van der Waals surface area contributed by atoms with Gasteiger partial charge in [0.1, 0.15) is 11.4 Å². The molecule has 1 amide bonds. The second-order valence-electron chi connectivity index (χ2n) is 5.87. The standard InChI is InChI=1S/C17H21N3O2/c1-12-7-9-20(10-8-12)17(21)16-11-15(18-19-16)13-3-5-14(22-2)6-4-13/h3-6,11-12H,7-10H2,1-2H3,(H,18,19). The van der Waals surface area contributed by atoms with Gasteiger partial charge >= 0.3 is 0 Å². The molecule has 0 bridgehead atoms. The van der Waals surface area contributed by atoms with Gasteiger partial charge in [-0.25, -0.2) is 0 Å². The fourth-order valence-electron chi connectivity index (χ4n) is 2.72. The van der Waals surface area contributed by atoms with E-state index in [9.17, 15) is 4.79 Å². The Morgan fingerprint density at radius 3 is 2.59 bits per heavy atom. The number of likely N-dealkylation sites (tertiary alicyclic amines) is 1. The first-order chi connectivity index (χ1) is 10.7. The molecule has 1 aliphatic rings. The lowest BCUT2D eigenvalue weighted by Gasteiger charge is -2.29. The predicted molar refractivity (Wildman–Crippen MR) is 84.9 cm³/mol. The monoisotopic (exact) mass is 299 g/mol. The SMILES string of the molecule is COc1ccc(-c2cc(C(=O)N3CCC(C)CC3)[nH]n2)cc1. The summed E-state index contributed by atoms with van der Waals surface area (Å²) in [6.07, 6.45) is 2.15. The van der Waals surface area contributed by atoms with E-state index in [1.807, 2.05) is 35.2 Å². The highest BCUT2D eigenvalue weighted by atomic mass is 16.5. The normalized spacial score (nSPS) is 15.8. The molecule has 22 heavy (non-hydrogen) atoms. The van der Waals surface area contributed by atoms with Crippen molar-refractivity contribution in [3.8, 4) is 17.0 Å². The van der Waals surface area contributed by atoms with E-state index in [2.05, 4.69) is 17.1 Å². The molecular formula is C17H21N3O2. The summed E-state index contributed by atoms with van der Waals surface area (Å²) in [4.78, 5) is 14.4. The number of hydrogen-bond acceptors (Lipinski definition) is 3. The molecular weight excluding hydrogens is 278 g/mol. The fourth-order valence-corrected chi connectivity index (χ4v) is 2.72. The molecule has 0 aliphatic carbocycles. The maximum absolute atomic E-state index is 12.5. The van der Waals surface area contributed by atoms with Gasteiger partial charge in [0.2, 0.25) is 0 Å². The topological polar surface area (TPSA) is 58.2 Å². The number of piperidine rings is 1. The Bertz CT molecular complexity index is 640. The van der Waals surface area contributed by atoms with E-state index in [0.29, 0.717) is 11.6 Å². The van der Waals surface area contributed by atoms with Crippen LogP contribution in [0.15, 0.2) is 30.3 Å². The van der Waals surface area contributed by atoms with Crippen LogP contribution in [0.1, 0.15) is 30.3 Å². The molecule has 116 valence electrons. The van der Waals surface area contributed by atoms with E-state index >= 15 is 0 Å². The quantitative estimate of drug-likeness (QED) is 0.948. The van der Waals surface area contributed by atoms with Crippen LogP contribution in [0.5, 0.6) is 5.75 Å². The van der Waals surface area contributed by atoms with Gasteiger partial charge in [0.25, 0.3) is 5.91 Å². The summed E-state index contributed by atoms with van der Waals surface area (Å²) in [5, 5.41) is 7.13. The van der Waals surface area contributed by atoms with Crippen LogP contribution < -0.4 is 4.74 Å². The van der Waals surface area contributed by atoms with Gasteiger partial charge in [0.05, 0.1) is 12.8 Å². The molecule has 1 aromatic heterocycles. The van der Waals surface area contributed by atoms with Crippen molar-refractivity contribution in [1.82, 2.24) is 15.1 Å². The zero-order chi connectivity index (χ0) is 15.5. The molecule has 5 nitrogen and oxygen atoms in total. The van der Waals surface area contributed by atoms with Crippen LogP contribution in [0.4, 0.5) is 0 Å². The van der Waals surface area contributed by atoms with Crippen molar-refractivity contribution in [3.63, 3.8) is 0 Å². The van der Waals surface area contributed by atoms with Gasteiger partial charge in [0.15, 0.2) is 0 Å². The summed E-state index contributed by atoms with van der Waals surface area (Å²) in [5.41, 5.74) is 2.29. The maximum Gasteiger partial charge on any atom is 0.271 e. The number of benzene rings is 1. The number of aromatic nitrogens is 2. The second kappa shape index (κ2) is 6.22. The highest BCUT2D eigenvalue weighted by Crippen LogP contribution is 2.22. The third-order valence-corrected chi connectivity index (χ3v) is 4.26. The Morgan fingerprint density at radius 1 is 1.27 bits per heavy atom. The van der Waals surface area contributed by atoms with Crippen molar-refractivity contribution < 1.29 is 9.53 Å². The number of carbonyl (C=O) groups excluding carboxylic acids is 1. The van der Waals surface area contributed by atoms with Gasteiger partial charge in [-0.2, -0.15) is 5.10 Å². The smallest absolute Gasteiger partial charge is 0.271 e. The van der Waals surface area contributed by atoms with Gasteiger partial charge < -0.3 is 9.64 Å². The summed E-state index contributed by atoms with van der Waals surface area (Å²) in [7, 11) is 1.64. The molecule has 1 N–H and O–H groups in total. The first-order valence-electron chi connectivity index (χ1n) is 7.66. The number of nitrogens with zero attached hydrogens (tertiary/aromatic N) is 2. The van der Waals surface area contributed by atoms with Crippen LogP contribution in [0, 0.1) is 5.92 Å². The van der Waals surface area contributed by atoms with Crippen LogP contribution in [0.2, 0.25) is 0 Å². The van der Waals surface area contributed by atoms with Crippen molar-refractivity contribution in [2.24, 2.45) is 5.92 Å². The lowest BCUT2D eigenvalue weighted by atomic mass is 9.99. The molecule has 0 saturated carbocycles. The Morgan fingerprint density at radius 2 is 1.95 bits per heavy atom. The molecule has 1 saturated heterocycles. The minimum Gasteiger partial charge on any atom is -0.497 e. The summed E-state index contributed by atoms with van der Waals surface area (Å²) >= 11 is 0. The van der Waals surface area contributed by atoms with E-state index in [-0.39, 0.29) is 5.91 Å². The third-order valence-electron chi connectivity index (χ3n) is 4.26. The number of amides is 1. The number of H-pyrrole nitrogens is 1. The molecule has 1 fully saturated rings. The van der Waals surface area contributed by atoms with Crippen molar-refractivity contribution in [2.45, 2.75) is 19.8 Å². The highest BCUT2D eigenvalue weighted by molar-refractivity contribution is 5.93. The van der Waals surface area contributed by atoms with Gasteiger partial charge in [-0.1, -0.05) is 6.92 Å². The first-order valence-corrected chi connectivity index (χ1v) is 7.66. The van der Waals surface area contributed by atoms with E-state index in [4.69, 9.17) is 4.74 Å². The van der Waals surface area contributed by atoms with E-state index in [1.54, 1.807) is 7.11 Å². The Balaban J connectivity index is 1.73. The number of methoxy groups -OCH3 is 1. The average Bonchev–Trinajstić information content (AvgIpc) is 3.05. The van der Waals surface area contributed by atoms with Crippen LogP contribution in [0.25, 0.3) is 11.3 Å². The average molecular weight is 299 g/mol. The summed E-state index contributed by atoms with van der Waals surface area (Å²) < 4.78 is 5.15. The van der Waals surface area contributed by atoms with Gasteiger partial charge in [-0.3, -0.25) is 9.89 Å². The van der Waals surface area contributed by atoms with Crippen molar-refractivity contribution in [3.05, 3.63) is 36.0 Å². The molecule has 0 radical (unpaired) electrons. The summed E-state index contributed by atoms with van der Waals surface area (Å²) in [5.74, 6) is 1.55. The van der Waals surface area contributed by atoms with E-state index in [1.165, 1.54) is 0 Å². The highest BCUT2D eigenvalue weighted by Gasteiger charge is 2.22. The number of rotatable bonds is 3. The zero-order valence-electron chi connectivity index (χ0n) is 13.0. The van der Waals surface area contributed by atoms with Crippen LogP contribution in [0.3, 0.4) is 0 Å². The third kappa shape index (κ3) is 2.98. The van der Waals surface area contributed by atoms with Crippen molar-refractivity contribution in [1.29, 1.82) is 0 Å². The molecule has 3 rings (SSSR count). The lowest BCUT2D eigenvalue weighted by molar-refractivity contribution is 0.0691. The zero-order valence-corrected chi connectivity index (χ0v) is 13.0.